The molecule has 5 nitrogen and oxygen atoms in total. The number of fused-ring (bicyclic) bond motifs is 3. The van der Waals surface area contributed by atoms with Crippen molar-refractivity contribution in [1.82, 2.24) is 10.3 Å². The first kappa shape index (κ1) is 16.5. The number of benzene rings is 1. The van der Waals surface area contributed by atoms with Gasteiger partial charge in [-0.25, -0.2) is 0 Å². The maximum atomic E-state index is 12.6. The summed E-state index contributed by atoms with van der Waals surface area (Å²) in [7, 11) is 0. The van der Waals surface area contributed by atoms with Crippen LogP contribution in [0.1, 0.15) is 36.0 Å². The number of aliphatic hydroxyl groups excluding tert-OH is 1. The SMILES string of the molecule is O=C(NC1CC2CCC(C1)C2O)c1ccc(-c2nccc3occc23)cc1. The molecule has 2 atom stereocenters. The third-order valence-electron chi connectivity index (χ3n) is 6.18. The van der Waals surface area contributed by atoms with E-state index in [2.05, 4.69) is 10.3 Å². The van der Waals surface area contributed by atoms with E-state index in [1.165, 1.54) is 0 Å². The number of hydrogen-bond acceptors (Lipinski definition) is 4. The summed E-state index contributed by atoms with van der Waals surface area (Å²) in [5, 5.41) is 14.3. The van der Waals surface area contributed by atoms with Gasteiger partial charge in [-0.3, -0.25) is 9.78 Å². The number of carbonyl (C=O) groups is 1. The smallest absolute Gasteiger partial charge is 0.251 e. The fraction of sp³-hybridized carbons (Fsp3) is 0.364. The number of aromatic nitrogens is 1. The van der Waals surface area contributed by atoms with Gasteiger partial charge in [0.15, 0.2) is 0 Å². The summed E-state index contributed by atoms with van der Waals surface area (Å²) >= 11 is 0. The average molecular weight is 362 g/mol. The van der Waals surface area contributed by atoms with Crippen molar-refractivity contribution in [3.05, 3.63) is 54.4 Å². The second kappa shape index (κ2) is 6.50. The molecular weight excluding hydrogens is 340 g/mol. The summed E-state index contributed by atoms with van der Waals surface area (Å²) in [5.41, 5.74) is 3.26. The van der Waals surface area contributed by atoms with Crippen LogP contribution >= 0.6 is 0 Å². The van der Waals surface area contributed by atoms with Gasteiger partial charge >= 0.3 is 0 Å². The van der Waals surface area contributed by atoms with Crippen LogP contribution in [0.5, 0.6) is 0 Å². The molecule has 5 rings (SSSR count). The second-order valence-corrected chi connectivity index (χ2v) is 7.80. The van der Waals surface area contributed by atoms with Gasteiger partial charge in [0.2, 0.25) is 0 Å². The Morgan fingerprint density at radius 3 is 2.56 bits per heavy atom. The molecule has 1 aromatic carbocycles. The average Bonchev–Trinajstić information content (AvgIpc) is 3.23. The molecule has 1 amide bonds. The lowest BCUT2D eigenvalue weighted by Crippen LogP contribution is -2.43. The predicted molar refractivity (Wildman–Crippen MR) is 102 cm³/mol. The fourth-order valence-corrected chi connectivity index (χ4v) is 4.79. The lowest BCUT2D eigenvalue weighted by molar-refractivity contribution is 0.0453. The van der Waals surface area contributed by atoms with E-state index in [4.69, 9.17) is 4.42 Å². The van der Waals surface area contributed by atoms with Crippen molar-refractivity contribution in [2.45, 2.75) is 37.8 Å². The van der Waals surface area contributed by atoms with Crippen LogP contribution in [-0.4, -0.2) is 28.1 Å². The largest absolute Gasteiger partial charge is 0.464 e. The van der Waals surface area contributed by atoms with Gasteiger partial charge in [-0.15, -0.1) is 0 Å². The quantitative estimate of drug-likeness (QED) is 0.744. The normalized spacial score (nSPS) is 27.0. The van der Waals surface area contributed by atoms with Crippen LogP contribution in [0.3, 0.4) is 0 Å². The highest BCUT2D eigenvalue weighted by atomic mass is 16.3. The molecule has 0 radical (unpaired) electrons. The fourth-order valence-electron chi connectivity index (χ4n) is 4.79. The van der Waals surface area contributed by atoms with E-state index in [0.717, 1.165) is 47.9 Å². The molecule has 2 N–H and O–H groups in total. The zero-order valence-corrected chi connectivity index (χ0v) is 15.0. The molecule has 27 heavy (non-hydrogen) atoms. The van der Waals surface area contributed by atoms with Gasteiger partial charge in [0.05, 0.1) is 18.1 Å². The molecule has 2 saturated carbocycles. The van der Waals surface area contributed by atoms with Crippen LogP contribution in [0.2, 0.25) is 0 Å². The molecule has 2 fully saturated rings. The number of pyridine rings is 1. The van der Waals surface area contributed by atoms with Gasteiger partial charge in [0, 0.05) is 28.8 Å². The Morgan fingerprint density at radius 1 is 1.07 bits per heavy atom. The topological polar surface area (TPSA) is 75.4 Å². The molecule has 5 heteroatoms. The minimum Gasteiger partial charge on any atom is -0.464 e. The molecule has 2 heterocycles. The van der Waals surface area contributed by atoms with Gasteiger partial charge in [-0.2, -0.15) is 0 Å². The Hall–Kier alpha value is -2.66. The van der Waals surface area contributed by atoms with E-state index in [1.54, 1.807) is 12.5 Å². The third kappa shape index (κ3) is 2.92. The van der Waals surface area contributed by atoms with E-state index in [-0.39, 0.29) is 18.1 Å². The van der Waals surface area contributed by atoms with Crippen molar-refractivity contribution in [1.29, 1.82) is 0 Å². The Bertz CT molecular complexity index is 965. The van der Waals surface area contributed by atoms with Gasteiger partial charge in [-0.1, -0.05) is 12.1 Å². The first-order chi connectivity index (χ1) is 13.2. The maximum absolute atomic E-state index is 12.6. The third-order valence-corrected chi connectivity index (χ3v) is 6.18. The predicted octanol–water partition coefficient (Wildman–Crippen LogP) is 3.77. The molecule has 138 valence electrons. The summed E-state index contributed by atoms with van der Waals surface area (Å²) in [6, 6.07) is 11.5. The molecule has 2 unspecified atom stereocenters. The van der Waals surface area contributed by atoms with Crippen molar-refractivity contribution >= 4 is 16.9 Å². The van der Waals surface area contributed by atoms with E-state index in [1.807, 2.05) is 36.4 Å². The van der Waals surface area contributed by atoms with Crippen LogP contribution < -0.4 is 5.32 Å². The molecule has 0 spiro atoms. The standard InChI is InChI=1S/C22H22N2O3/c25-21-15-5-6-16(21)12-17(11-15)24-22(26)14-3-1-13(2-4-14)20-18-8-10-27-19(18)7-9-23-20/h1-4,7-10,15-17,21,25H,5-6,11-12H2,(H,24,26). The van der Waals surface area contributed by atoms with Crippen molar-refractivity contribution in [3.8, 4) is 11.3 Å². The van der Waals surface area contributed by atoms with Gasteiger partial charge in [0.25, 0.3) is 5.91 Å². The minimum atomic E-state index is -0.171. The molecular formula is C22H22N2O3. The Labute approximate surface area is 157 Å². The number of hydrogen-bond donors (Lipinski definition) is 2. The summed E-state index contributed by atoms with van der Waals surface area (Å²) < 4.78 is 5.43. The number of carbonyl (C=O) groups excluding carboxylic acids is 1. The Morgan fingerprint density at radius 2 is 1.81 bits per heavy atom. The molecule has 3 aromatic rings. The lowest BCUT2D eigenvalue weighted by atomic mass is 9.83. The van der Waals surface area contributed by atoms with Crippen molar-refractivity contribution in [2.75, 3.05) is 0 Å². The number of rotatable bonds is 3. The molecule has 2 aromatic heterocycles. The summed E-state index contributed by atoms with van der Waals surface area (Å²) in [4.78, 5) is 17.1. The minimum absolute atomic E-state index is 0.0446. The van der Waals surface area contributed by atoms with Crippen LogP contribution in [0, 0.1) is 11.8 Å². The number of aliphatic hydroxyl groups is 1. The zero-order valence-electron chi connectivity index (χ0n) is 15.0. The number of nitrogens with one attached hydrogen (secondary N) is 1. The first-order valence-corrected chi connectivity index (χ1v) is 9.60. The molecule has 0 aliphatic heterocycles. The number of nitrogens with zero attached hydrogens (tertiary/aromatic N) is 1. The Kier molecular flexibility index (Phi) is 3.97. The summed E-state index contributed by atoms with van der Waals surface area (Å²) in [6.45, 7) is 0. The first-order valence-electron chi connectivity index (χ1n) is 9.60. The number of furan rings is 1. The second-order valence-electron chi connectivity index (χ2n) is 7.80. The van der Waals surface area contributed by atoms with Gasteiger partial charge in [-0.05, 0) is 61.8 Å². The molecule has 2 aliphatic rings. The Balaban J connectivity index is 1.32. The van der Waals surface area contributed by atoms with Gasteiger partial charge in [0.1, 0.15) is 5.58 Å². The van der Waals surface area contributed by atoms with E-state index < -0.39 is 0 Å². The van der Waals surface area contributed by atoms with E-state index >= 15 is 0 Å². The van der Waals surface area contributed by atoms with E-state index in [9.17, 15) is 9.90 Å². The van der Waals surface area contributed by atoms with Gasteiger partial charge < -0.3 is 14.8 Å². The van der Waals surface area contributed by atoms with Crippen molar-refractivity contribution < 1.29 is 14.3 Å². The monoisotopic (exact) mass is 362 g/mol. The highest BCUT2D eigenvalue weighted by molar-refractivity contribution is 5.96. The molecule has 0 saturated heterocycles. The molecule has 2 aliphatic carbocycles. The lowest BCUT2D eigenvalue weighted by Gasteiger charge is -2.32. The van der Waals surface area contributed by atoms with E-state index in [0.29, 0.717) is 17.4 Å². The summed E-state index contributed by atoms with van der Waals surface area (Å²) in [5.74, 6) is 0.646. The van der Waals surface area contributed by atoms with Crippen LogP contribution in [-0.2, 0) is 0 Å². The van der Waals surface area contributed by atoms with Crippen molar-refractivity contribution in [3.63, 3.8) is 0 Å². The number of amides is 1. The van der Waals surface area contributed by atoms with Crippen LogP contribution in [0.15, 0.2) is 53.3 Å². The van der Waals surface area contributed by atoms with Crippen molar-refractivity contribution in [2.24, 2.45) is 11.8 Å². The highest BCUT2D eigenvalue weighted by Crippen LogP contribution is 2.42. The molecule has 2 bridgehead atoms. The maximum Gasteiger partial charge on any atom is 0.251 e. The van der Waals surface area contributed by atoms with Crippen LogP contribution in [0.25, 0.3) is 22.2 Å². The zero-order chi connectivity index (χ0) is 18.4. The summed E-state index contributed by atoms with van der Waals surface area (Å²) in [6.07, 6.45) is 7.15. The van der Waals surface area contributed by atoms with Crippen LogP contribution in [0.4, 0.5) is 0 Å². The highest BCUT2D eigenvalue weighted by Gasteiger charge is 2.42.